The van der Waals surface area contributed by atoms with Crippen molar-refractivity contribution >= 4 is 17.8 Å². The number of carboxylic acid groups (broad SMARTS) is 1. The third-order valence-corrected chi connectivity index (χ3v) is 2.74. The van der Waals surface area contributed by atoms with Crippen LogP contribution in [0.25, 0.3) is 0 Å². The maximum absolute atomic E-state index is 12.0. The third-order valence-electron chi connectivity index (χ3n) is 2.74. The fraction of sp³-hybridized carbons (Fsp3) is 0.250. The van der Waals surface area contributed by atoms with Crippen molar-refractivity contribution in [3.05, 3.63) is 35.9 Å². The molecule has 0 radical (unpaired) electrons. The van der Waals surface area contributed by atoms with E-state index >= 15 is 0 Å². The first kappa shape index (κ1) is 11.3. The van der Waals surface area contributed by atoms with Crippen LogP contribution in [-0.4, -0.2) is 33.8 Å². The molecule has 1 atom stereocenters. The molecule has 0 spiro atoms. The van der Waals surface area contributed by atoms with E-state index in [-0.39, 0.29) is 12.8 Å². The molecule has 1 aromatic carbocycles. The van der Waals surface area contributed by atoms with Crippen molar-refractivity contribution < 1.29 is 19.5 Å². The van der Waals surface area contributed by atoms with Crippen LogP contribution in [-0.2, 0) is 9.59 Å². The maximum Gasteiger partial charge on any atom is 0.326 e. The number of hydrogen-bond donors (Lipinski definition) is 1. The summed E-state index contributed by atoms with van der Waals surface area (Å²) >= 11 is 0. The second kappa shape index (κ2) is 4.37. The van der Waals surface area contributed by atoms with Gasteiger partial charge in [0.05, 0.1) is 0 Å². The zero-order chi connectivity index (χ0) is 12.4. The summed E-state index contributed by atoms with van der Waals surface area (Å²) in [4.78, 5) is 35.4. The highest BCUT2D eigenvalue weighted by atomic mass is 16.4. The Morgan fingerprint density at radius 3 is 2.47 bits per heavy atom. The fourth-order valence-corrected chi connectivity index (χ4v) is 1.89. The Bertz CT molecular complexity index is 469. The van der Waals surface area contributed by atoms with Crippen LogP contribution in [0.4, 0.5) is 0 Å². The molecule has 1 heterocycles. The van der Waals surface area contributed by atoms with Crippen molar-refractivity contribution in [1.82, 2.24) is 4.90 Å². The van der Waals surface area contributed by atoms with E-state index < -0.39 is 23.8 Å². The van der Waals surface area contributed by atoms with Crippen LogP contribution in [0.2, 0.25) is 0 Å². The van der Waals surface area contributed by atoms with Crippen molar-refractivity contribution in [2.24, 2.45) is 0 Å². The van der Waals surface area contributed by atoms with Crippen molar-refractivity contribution in [3.8, 4) is 0 Å². The van der Waals surface area contributed by atoms with E-state index in [9.17, 15) is 14.4 Å². The Labute approximate surface area is 97.7 Å². The summed E-state index contributed by atoms with van der Waals surface area (Å²) in [7, 11) is 0. The number of carbonyl (C=O) groups is 3. The molecule has 5 nitrogen and oxygen atoms in total. The highest BCUT2D eigenvalue weighted by molar-refractivity contribution is 6.08. The van der Waals surface area contributed by atoms with E-state index in [1.807, 2.05) is 0 Å². The van der Waals surface area contributed by atoms with Gasteiger partial charge in [0.2, 0.25) is 5.91 Å². The molecule has 88 valence electrons. The average Bonchev–Trinajstić information content (AvgIpc) is 2.71. The lowest BCUT2D eigenvalue weighted by Gasteiger charge is -2.19. The van der Waals surface area contributed by atoms with Crippen molar-refractivity contribution in [2.45, 2.75) is 18.9 Å². The number of carboxylic acids is 1. The lowest BCUT2D eigenvalue weighted by atomic mass is 10.1. The number of aliphatic carboxylic acids is 1. The number of likely N-dealkylation sites (tertiary alicyclic amines) is 1. The number of hydrogen-bond acceptors (Lipinski definition) is 3. The molecule has 17 heavy (non-hydrogen) atoms. The van der Waals surface area contributed by atoms with E-state index in [4.69, 9.17) is 5.11 Å². The van der Waals surface area contributed by atoms with Crippen molar-refractivity contribution in [1.29, 1.82) is 0 Å². The standard InChI is InChI=1S/C12H11NO4/c14-10-7-6-9(12(16)17)13(10)11(15)8-4-2-1-3-5-8/h1-5,9H,6-7H2,(H,16,17)/t9-/m1/s1. The van der Waals surface area contributed by atoms with Crippen LogP contribution in [0.15, 0.2) is 30.3 Å². The SMILES string of the molecule is O=C(O)[C@H]1CCC(=O)N1C(=O)c1ccccc1. The van der Waals surface area contributed by atoms with Gasteiger partial charge in [0.15, 0.2) is 0 Å². The molecule has 5 heteroatoms. The smallest absolute Gasteiger partial charge is 0.326 e. The molecule has 1 aromatic rings. The normalized spacial score (nSPS) is 19.4. The van der Waals surface area contributed by atoms with Gasteiger partial charge in [-0.05, 0) is 18.6 Å². The summed E-state index contributed by atoms with van der Waals surface area (Å²) in [6.45, 7) is 0. The lowest BCUT2D eigenvalue weighted by molar-refractivity contribution is -0.144. The number of benzene rings is 1. The minimum absolute atomic E-state index is 0.107. The minimum atomic E-state index is -1.14. The molecule has 0 saturated carbocycles. The molecule has 2 amide bonds. The molecule has 1 aliphatic heterocycles. The first-order valence-corrected chi connectivity index (χ1v) is 5.25. The van der Waals surface area contributed by atoms with Gasteiger partial charge in [-0.1, -0.05) is 18.2 Å². The zero-order valence-corrected chi connectivity index (χ0v) is 9.00. The van der Waals surface area contributed by atoms with E-state index in [2.05, 4.69) is 0 Å². The topological polar surface area (TPSA) is 74.7 Å². The summed E-state index contributed by atoms with van der Waals surface area (Å²) < 4.78 is 0. The number of rotatable bonds is 2. The number of nitrogens with zero attached hydrogens (tertiary/aromatic N) is 1. The second-order valence-electron chi connectivity index (χ2n) is 3.83. The molecule has 1 fully saturated rings. The largest absolute Gasteiger partial charge is 0.480 e. The van der Waals surface area contributed by atoms with Crippen LogP contribution < -0.4 is 0 Å². The highest BCUT2D eigenvalue weighted by Gasteiger charge is 2.40. The second-order valence-corrected chi connectivity index (χ2v) is 3.83. The van der Waals surface area contributed by atoms with Crippen LogP contribution in [0.5, 0.6) is 0 Å². The fourth-order valence-electron chi connectivity index (χ4n) is 1.89. The quantitative estimate of drug-likeness (QED) is 0.770. The van der Waals surface area contributed by atoms with Crippen LogP contribution in [0.1, 0.15) is 23.2 Å². The predicted octanol–water partition coefficient (Wildman–Crippen LogP) is 0.902. The summed E-state index contributed by atoms with van der Waals surface area (Å²) in [6.07, 6.45) is 0.294. The van der Waals surface area contributed by atoms with Gasteiger partial charge in [0, 0.05) is 12.0 Å². The van der Waals surface area contributed by atoms with Crippen molar-refractivity contribution in [3.63, 3.8) is 0 Å². The van der Waals surface area contributed by atoms with Crippen molar-refractivity contribution in [2.75, 3.05) is 0 Å². The average molecular weight is 233 g/mol. The Balaban J connectivity index is 2.29. The van der Waals surface area contributed by atoms with Crippen LogP contribution >= 0.6 is 0 Å². The Kier molecular flexibility index (Phi) is 2.91. The van der Waals surface area contributed by atoms with Gasteiger partial charge in [0.1, 0.15) is 6.04 Å². The Hall–Kier alpha value is -2.17. The van der Waals surface area contributed by atoms with Crippen LogP contribution in [0.3, 0.4) is 0 Å². The third kappa shape index (κ3) is 2.04. The molecule has 0 aliphatic carbocycles. The first-order valence-electron chi connectivity index (χ1n) is 5.25. The molecular formula is C12H11NO4. The number of imide groups is 1. The van der Waals surface area contributed by atoms with E-state index in [0.717, 1.165) is 4.90 Å². The minimum Gasteiger partial charge on any atom is -0.480 e. The van der Waals surface area contributed by atoms with Gasteiger partial charge >= 0.3 is 5.97 Å². The summed E-state index contributed by atoms with van der Waals surface area (Å²) in [5.41, 5.74) is 0.328. The van der Waals surface area contributed by atoms with E-state index in [1.165, 1.54) is 0 Å². The monoisotopic (exact) mass is 233 g/mol. The molecule has 1 saturated heterocycles. The van der Waals surface area contributed by atoms with Gasteiger partial charge in [-0.25, -0.2) is 4.79 Å². The summed E-state index contributed by atoms with van der Waals surface area (Å²) in [5, 5.41) is 8.95. The van der Waals surface area contributed by atoms with Gasteiger partial charge in [-0.3, -0.25) is 14.5 Å². The predicted molar refractivity (Wildman–Crippen MR) is 58.3 cm³/mol. The number of carbonyl (C=O) groups excluding carboxylic acids is 2. The summed E-state index contributed by atoms with van der Waals surface area (Å²) in [6, 6.07) is 7.18. The van der Waals surface area contributed by atoms with Crippen LogP contribution in [0, 0.1) is 0 Å². The van der Waals surface area contributed by atoms with Gasteiger partial charge in [-0.2, -0.15) is 0 Å². The first-order chi connectivity index (χ1) is 8.11. The molecule has 0 aromatic heterocycles. The van der Waals surface area contributed by atoms with Gasteiger partial charge in [-0.15, -0.1) is 0 Å². The molecule has 0 bridgehead atoms. The number of amides is 2. The molecule has 0 unspecified atom stereocenters. The van der Waals surface area contributed by atoms with Gasteiger partial charge in [0.25, 0.3) is 5.91 Å². The Morgan fingerprint density at radius 1 is 1.24 bits per heavy atom. The highest BCUT2D eigenvalue weighted by Crippen LogP contribution is 2.21. The summed E-state index contributed by atoms with van der Waals surface area (Å²) in [5.74, 6) is -2.10. The molecule has 1 aliphatic rings. The van der Waals surface area contributed by atoms with E-state index in [1.54, 1.807) is 30.3 Å². The molecule has 1 N–H and O–H groups in total. The van der Waals surface area contributed by atoms with E-state index in [0.29, 0.717) is 5.56 Å². The van der Waals surface area contributed by atoms with Gasteiger partial charge < -0.3 is 5.11 Å². The zero-order valence-electron chi connectivity index (χ0n) is 9.00. The molecule has 2 rings (SSSR count). The Morgan fingerprint density at radius 2 is 1.88 bits per heavy atom. The molecular weight excluding hydrogens is 222 g/mol. The lowest BCUT2D eigenvalue weighted by Crippen LogP contribution is -2.42. The maximum atomic E-state index is 12.0.